The van der Waals surface area contributed by atoms with Crippen molar-refractivity contribution >= 4 is 16.5 Å². The van der Waals surface area contributed by atoms with Crippen LogP contribution in [0.2, 0.25) is 0 Å². The summed E-state index contributed by atoms with van der Waals surface area (Å²) in [5, 5.41) is 4.21. The van der Waals surface area contributed by atoms with Crippen LogP contribution >= 0.6 is 11.3 Å². The van der Waals surface area contributed by atoms with Gasteiger partial charge in [-0.15, -0.1) is 11.3 Å². The zero-order chi connectivity index (χ0) is 9.97. The first kappa shape index (κ1) is 9.93. The molecule has 1 aromatic heterocycles. The Morgan fingerprint density at radius 3 is 3.00 bits per heavy atom. The van der Waals surface area contributed by atoms with Gasteiger partial charge < -0.3 is 11.1 Å². The molecule has 1 heterocycles. The molecule has 0 aromatic carbocycles. The minimum absolute atomic E-state index is 0.709. The van der Waals surface area contributed by atoms with Gasteiger partial charge in [-0.3, -0.25) is 0 Å². The molecule has 1 fully saturated rings. The van der Waals surface area contributed by atoms with Crippen LogP contribution in [0, 0.1) is 0 Å². The Bertz CT molecular complexity index is 304. The third kappa shape index (κ3) is 2.45. The van der Waals surface area contributed by atoms with Crippen molar-refractivity contribution in [1.29, 1.82) is 0 Å². The van der Waals surface area contributed by atoms with Gasteiger partial charge in [-0.25, -0.2) is 4.98 Å². The van der Waals surface area contributed by atoms with Crippen molar-refractivity contribution in [2.45, 2.75) is 45.2 Å². The van der Waals surface area contributed by atoms with Crippen LogP contribution in [0.3, 0.4) is 0 Å². The van der Waals surface area contributed by atoms with Gasteiger partial charge in [0.25, 0.3) is 0 Å². The van der Waals surface area contributed by atoms with E-state index in [0.29, 0.717) is 5.13 Å². The molecule has 0 unspecified atom stereocenters. The second-order valence-corrected chi connectivity index (χ2v) is 4.94. The number of nitrogens with zero attached hydrogens (tertiary/aromatic N) is 1. The molecule has 1 aliphatic rings. The topological polar surface area (TPSA) is 50.9 Å². The number of hydrogen-bond donors (Lipinski definition) is 2. The Morgan fingerprint density at radius 2 is 2.36 bits per heavy atom. The summed E-state index contributed by atoms with van der Waals surface area (Å²) in [5.41, 5.74) is 6.91. The maximum Gasteiger partial charge on any atom is 0.180 e. The van der Waals surface area contributed by atoms with E-state index < -0.39 is 0 Å². The third-order valence-corrected chi connectivity index (χ3v) is 3.34. The molecule has 78 valence electrons. The Kier molecular flexibility index (Phi) is 3.03. The highest BCUT2D eigenvalue weighted by molar-refractivity contribution is 7.15. The molecule has 14 heavy (non-hydrogen) atoms. The molecule has 2 rings (SSSR count). The van der Waals surface area contributed by atoms with Crippen LogP contribution in [0.25, 0.3) is 0 Å². The number of hydrogen-bond acceptors (Lipinski definition) is 4. The van der Waals surface area contributed by atoms with Crippen molar-refractivity contribution in [3.8, 4) is 0 Å². The van der Waals surface area contributed by atoms with E-state index in [1.807, 2.05) is 0 Å². The fourth-order valence-corrected chi connectivity index (χ4v) is 2.33. The van der Waals surface area contributed by atoms with Gasteiger partial charge in [0.2, 0.25) is 0 Å². The van der Waals surface area contributed by atoms with Gasteiger partial charge in [0.1, 0.15) is 0 Å². The van der Waals surface area contributed by atoms with Crippen LogP contribution in [0.15, 0.2) is 0 Å². The maximum atomic E-state index is 5.71. The van der Waals surface area contributed by atoms with E-state index in [1.165, 1.54) is 23.4 Å². The van der Waals surface area contributed by atoms with Gasteiger partial charge in [-0.2, -0.15) is 0 Å². The van der Waals surface area contributed by atoms with E-state index in [-0.39, 0.29) is 0 Å². The minimum Gasteiger partial charge on any atom is -0.375 e. The lowest BCUT2D eigenvalue weighted by Crippen LogP contribution is -2.15. The zero-order valence-electron chi connectivity index (χ0n) is 8.55. The van der Waals surface area contributed by atoms with Crippen LogP contribution in [0.4, 0.5) is 5.13 Å². The first-order valence-electron chi connectivity index (χ1n) is 5.27. The quantitative estimate of drug-likeness (QED) is 0.782. The van der Waals surface area contributed by atoms with Crippen LogP contribution in [-0.4, -0.2) is 11.0 Å². The minimum atomic E-state index is 0.709. The average molecular weight is 211 g/mol. The predicted molar refractivity (Wildman–Crippen MR) is 60.4 cm³/mol. The molecule has 0 aliphatic heterocycles. The number of anilines is 1. The lowest BCUT2D eigenvalue weighted by atomic mass is 10.2. The summed E-state index contributed by atoms with van der Waals surface area (Å²) in [5.74, 6) is 0. The van der Waals surface area contributed by atoms with E-state index in [4.69, 9.17) is 5.73 Å². The lowest BCUT2D eigenvalue weighted by molar-refractivity contribution is 0.686. The Hall–Kier alpha value is -0.610. The van der Waals surface area contributed by atoms with Crippen molar-refractivity contribution in [3.05, 3.63) is 10.6 Å². The van der Waals surface area contributed by atoms with Gasteiger partial charge >= 0.3 is 0 Å². The van der Waals surface area contributed by atoms with E-state index in [2.05, 4.69) is 17.2 Å². The lowest BCUT2D eigenvalue weighted by Gasteiger charge is -2.01. The summed E-state index contributed by atoms with van der Waals surface area (Å²) in [6.45, 7) is 3.13. The molecule has 0 bridgehead atoms. The molecule has 0 radical (unpaired) electrons. The highest BCUT2D eigenvalue weighted by Gasteiger charge is 2.21. The number of nitrogens with two attached hydrogens (primary N) is 1. The SMILES string of the molecule is CCCc1nc(N)sc1CNC1CC1. The highest BCUT2D eigenvalue weighted by atomic mass is 32.1. The number of rotatable bonds is 5. The zero-order valence-corrected chi connectivity index (χ0v) is 9.36. The van der Waals surface area contributed by atoms with Crippen molar-refractivity contribution in [2.75, 3.05) is 5.73 Å². The molecule has 3 N–H and O–H groups in total. The van der Waals surface area contributed by atoms with E-state index in [0.717, 1.165) is 25.4 Å². The second-order valence-electron chi connectivity index (χ2n) is 3.83. The number of aryl methyl sites for hydroxylation is 1. The summed E-state index contributed by atoms with van der Waals surface area (Å²) in [7, 11) is 0. The van der Waals surface area contributed by atoms with Crippen LogP contribution in [-0.2, 0) is 13.0 Å². The highest BCUT2D eigenvalue weighted by Crippen LogP contribution is 2.24. The average Bonchev–Trinajstić information content (AvgIpc) is 2.90. The first-order chi connectivity index (χ1) is 6.79. The number of thiazole rings is 1. The van der Waals surface area contributed by atoms with Gasteiger partial charge in [-0.1, -0.05) is 13.3 Å². The fourth-order valence-electron chi connectivity index (χ4n) is 1.50. The molecular weight excluding hydrogens is 194 g/mol. The van der Waals surface area contributed by atoms with Crippen LogP contribution in [0.1, 0.15) is 36.8 Å². The number of aromatic nitrogens is 1. The molecule has 1 saturated carbocycles. The Labute approximate surface area is 88.7 Å². The molecule has 4 heteroatoms. The Balaban J connectivity index is 1.97. The van der Waals surface area contributed by atoms with Crippen LogP contribution < -0.4 is 11.1 Å². The number of nitrogen functional groups attached to an aromatic ring is 1. The standard InChI is InChI=1S/C10H17N3S/c1-2-3-8-9(14-10(11)13-8)6-12-7-4-5-7/h7,12H,2-6H2,1H3,(H2,11,13). The predicted octanol–water partition coefficient (Wildman–Crippen LogP) is 1.93. The smallest absolute Gasteiger partial charge is 0.180 e. The monoisotopic (exact) mass is 211 g/mol. The summed E-state index contributed by atoms with van der Waals surface area (Å²) >= 11 is 1.63. The largest absolute Gasteiger partial charge is 0.375 e. The third-order valence-electron chi connectivity index (χ3n) is 2.41. The molecule has 1 aliphatic carbocycles. The summed E-state index contributed by atoms with van der Waals surface area (Å²) < 4.78 is 0. The fraction of sp³-hybridized carbons (Fsp3) is 0.700. The molecule has 0 atom stereocenters. The molecule has 0 amide bonds. The Morgan fingerprint density at radius 1 is 1.57 bits per heavy atom. The van der Waals surface area contributed by atoms with Gasteiger partial charge in [-0.05, 0) is 19.3 Å². The molecule has 3 nitrogen and oxygen atoms in total. The molecule has 0 spiro atoms. The van der Waals surface area contributed by atoms with Gasteiger partial charge in [0, 0.05) is 17.5 Å². The van der Waals surface area contributed by atoms with Crippen molar-refractivity contribution in [1.82, 2.24) is 10.3 Å². The summed E-state index contributed by atoms with van der Waals surface area (Å²) in [6, 6.07) is 0.757. The van der Waals surface area contributed by atoms with Gasteiger partial charge in [0.05, 0.1) is 5.69 Å². The second kappa shape index (κ2) is 4.28. The normalized spacial score (nSPS) is 16.1. The molecule has 0 saturated heterocycles. The molecular formula is C10H17N3S. The summed E-state index contributed by atoms with van der Waals surface area (Å²) in [6.07, 6.45) is 4.85. The van der Waals surface area contributed by atoms with Gasteiger partial charge in [0.15, 0.2) is 5.13 Å². The van der Waals surface area contributed by atoms with E-state index >= 15 is 0 Å². The van der Waals surface area contributed by atoms with Crippen molar-refractivity contribution in [3.63, 3.8) is 0 Å². The van der Waals surface area contributed by atoms with Crippen molar-refractivity contribution in [2.24, 2.45) is 0 Å². The van der Waals surface area contributed by atoms with E-state index in [1.54, 1.807) is 11.3 Å². The van der Waals surface area contributed by atoms with Crippen LogP contribution in [0.5, 0.6) is 0 Å². The maximum absolute atomic E-state index is 5.71. The first-order valence-corrected chi connectivity index (χ1v) is 6.08. The van der Waals surface area contributed by atoms with Crippen molar-refractivity contribution < 1.29 is 0 Å². The summed E-state index contributed by atoms with van der Waals surface area (Å²) in [4.78, 5) is 5.68. The molecule has 1 aromatic rings. The number of nitrogens with one attached hydrogen (secondary N) is 1. The van der Waals surface area contributed by atoms with E-state index in [9.17, 15) is 0 Å².